The first kappa shape index (κ1) is 10.7. The van der Waals surface area contributed by atoms with Gasteiger partial charge in [0.25, 0.3) is 0 Å². The first-order chi connectivity index (χ1) is 4.83. The minimum Gasteiger partial charge on any atom is -0.330 e. The molecule has 0 aliphatic rings. The summed E-state index contributed by atoms with van der Waals surface area (Å²) in [6, 6.07) is 3.70. The van der Waals surface area contributed by atoms with Crippen molar-refractivity contribution in [3.8, 4) is 0 Å². The van der Waals surface area contributed by atoms with E-state index in [0.717, 1.165) is 12.0 Å². The van der Waals surface area contributed by atoms with E-state index in [1.54, 1.807) is 12.3 Å². The van der Waals surface area contributed by atoms with Gasteiger partial charge in [0.05, 0.1) is 0 Å². The highest BCUT2D eigenvalue weighted by Crippen LogP contribution is 2.04. The van der Waals surface area contributed by atoms with Crippen LogP contribution in [0.15, 0.2) is 18.3 Å². The predicted octanol–water partition coefficient (Wildman–Crippen LogP) is 1.66. The Morgan fingerprint density at radius 3 is 2.64 bits per heavy atom. The molecule has 1 aromatic rings. The molecule has 4 heteroatoms. The number of rotatable bonds is 2. The Kier molecular flexibility index (Phi) is 5.20. The van der Waals surface area contributed by atoms with Crippen LogP contribution in [0.5, 0.6) is 0 Å². The van der Waals surface area contributed by atoms with Crippen LogP contribution in [0.2, 0.25) is 5.15 Å². The van der Waals surface area contributed by atoms with E-state index in [1.807, 2.05) is 6.07 Å². The normalized spacial score (nSPS) is 8.91. The van der Waals surface area contributed by atoms with Gasteiger partial charge in [-0.15, -0.1) is 12.4 Å². The molecule has 0 aliphatic carbocycles. The third-order valence-electron chi connectivity index (χ3n) is 1.22. The highest BCUT2D eigenvalue weighted by molar-refractivity contribution is 6.29. The van der Waals surface area contributed by atoms with Gasteiger partial charge in [0.1, 0.15) is 5.15 Å². The minimum absolute atomic E-state index is 0. The third kappa shape index (κ3) is 3.56. The molecule has 0 atom stereocenters. The fraction of sp³-hybridized carbons (Fsp3) is 0.286. The number of nitrogens with zero attached hydrogens (tertiary/aromatic N) is 1. The Bertz CT molecular complexity index is 198. The van der Waals surface area contributed by atoms with Crippen LogP contribution in [0, 0.1) is 0 Å². The van der Waals surface area contributed by atoms with Crippen LogP contribution in [-0.2, 0) is 6.42 Å². The molecule has 0 saturated carbocycles. The Balaban J connectivity index is 0.000001000. The van der Waals surface area contributed by atoms with Crippen LogP contribution in [0.25, 0.3) is 0 Å². The fourth-order valence-corrected chi connectivity index (χ4v) is 0.833. The molecule has 0 radical (unpaired) electrons. The van der Waals surface area contributed by atoms with Crippen LogP contribution < -0.4 is 5.73 Å². The van der Waals surface area contributed by atoms with Crippen molar-refractivity contribution in [1.82, 2.24) is 4.98 Å². The molecule has 2 nitrogen and oxygen atoms in total. The van der Waals surface area contributed by atoms with Crippen molar-refractivity contribution in [1.29, 1.82) is 0 Å². The molecule has 0 aliphatic heterocycles. The predicted molar refractivity (Wildman–Crippen MR) is 49.3 cm³/mol. The van der Waals surface area contributed by atoms with Crippen LogP contribution in [0.4, 0.5) is 0 Å². The maximum atomic E-state index is 5.57. The Morgan fingerprint density at radius 2 is 2.18 bits per heavy atom. The highest BCUT2D eigenvalue weighted by atomic mass is 35.5. The second-order valence-electron chi connectivity index (χ2n) is 2.03. The van der Waals surface area contributed by atoms with E-state index in [2.05, 4.69) is 4.98 Å². The third-order valence-corrected chi connectivity index (χ3v) is 1.45. The van der Waals surface area contributed by atoms with Crippen molar-refractivity contribution >= 4 is 24.0 Å². The van der Waals surface area contributed by atoms with Crippen molar-refractivity contribution in [3.05, 3.63) is 29.0 Å². The number of aromatic nitrogens is 1. The lowest BCUT2D eigenvalue weighted by Crippen LogP contribution is -2.02. The fourth-order valence-electron chi connectivity index (χ4n) is 0.721. The Hall–Kier alpha value is -0.310. The summed E-state index contributed by atoms with van der Waals surface area (Å²) in [4.78, 5) is 3.91. The van der Waals surface area contributed by atoms with E-state index in [4.69, 9.17) is 17.3 Å². The van der Waals surface area contributed by atoms with Gasteiger partial charge in [0.15, 0.2) is 0 Å². The average molecular weight is 193 g/mol. The summed E-state index contributed by atoms with van der Waals surface area (Å²) in [6.45, 7) is 0.656. The van der Waals surface area contributed by atoms with Gasteiger partial charge in [0, 0.05) is 6.20 Å². The molecule has 0 bridgehead atoms. The quantitative estimate of drug-likeness (QED) is 0.725. The molecule has 11 heavy (non-hydrogen) atoms. The molecule has 2 N–H and O–H groups in total. The van der Waals surface area contributed by atoms with Crippen molar-refractivity contribution in [2.45, 2.75) is 6.42 Å². The number of halogens is 2. The summed E-state index contributed by atoms with van der Waals surface area (Å²) in [6.07, 6.45) is 2.61. The summed E-state index contributed by atoms with van der Waals surface area (Å²) >= 11 is 5.57. The summed E-state index contributed by atoms with van der Waals surface area (Å²) in [5, 5.41) is 0.528. The van der Waals surface area contributed by atoms with Gasteiger partial charge in [-0.2, -0.15) is 0 Å². The lowest BCUT2D eigenvalue weighted by atomic mass is 10.2. The number of nitrogens with two attached hydrogens (primary N) is 1. The van der Waals surface area contributed by atoms with E-state index < -0.39 is 0 Å². The molecule has 1 heterocycles. The lowest BCUT2D eigenvalue weighted by molar-refractivity contribution is 0.959. The molecule has 0 aromatic carbocycles. The van der Waals surface area contributed by atoms with Crippen molar-refractivity contribution < 1.29 is 0 Å². The van der Waals surface area contributed by atoms with Crippen LogP contribution in [0.1, 0.15) is 5.56 Å². The van der Waals surface area contributed by atoms with Crippen molar-refractivity contribution in [2.75, 3.05) is 6.54 Å². The van der Waals surface area contributed by atoms with E-state index >= 15 is 0 Å². The summed E-state index contributed by atoms with van der Waals surface area (Å²) < 4.78 is 0. The average Bonchev–Trinajstić information content (AvgIpc) is 1.95. The number of pyridine rings is 1. The SMILES string of the molecule is Cl.NCCc1ccc(Cl)nc1. The zero-order valence-corrected chi connectivity index (χ0v) is 7.53. The zero-order valence-electron chi connectivity index (χ0n) is 5.96. The smallest absolute Gasteiger partial charge is 0.129 e. The first-order valence-electron chi connectivity index (χ1n) is 3.13. The molecule has 1 aromatic heterocycles. The topological polar surface area (TPSA) is 38.9 Å². The molecular weight excluding hydrogens is 183 g/mol. The molecule has 1 rings (SSSR count). The molecule has 62 valence electrons. The zero-order chi connectivity index (χ0) is 7.40. The highest BCUT2D eigenvalue weighted by Gasteiger charge is 1.90. The first-order valence-corrected chi connectivity index (χ1v) is 3.51. The largest absolute Gasteiger partial charge is 0.330 e. The van der Waals surface area contributed by atoms with Gasteiger partial charge in [-0.1, -0.05) is 17.7 Å². The minimum atomic E-state index is 0. The molecular formula is C7H10Cl2N2. The van der Waals surface area contributed by atoms with Gasteiger partial charge >= 0.3 is 0 Å². The number of hydrogen-bond donors (Lipinski definition) is 1. The van der Waals surface area contributed by atoms with Gasteiger partial charge < -0.3 is 5.73 Å². The van der Waals surface area contributed by atoms with Gasteiger partial charge in [-0.25, -0.2) is 4.98 Å². The molecule has 0 amide bonds. The van der Waals surface area contributed by atoms with E-state index in [-0.39, 0.29) is 12.4 Å². The van der Waals surface area contributed by atoms with E-state index in [9.17, 15) is 0 Å². The standard InChI is InChI=1S/C7H9ClN2.ClH/c8-7-2-1-6(3-4-9)5-10-7;/h1-2,5H,3-4,9H2;1H. The van der Waals surface area contributed by atoms with Crippen molar-refractivity contribution in [2.24, 2.45) is 5.73 Å². The van der Waals surface area contributed by atoms with Gasteiger partial charge in [0.2, 0.25) is 0 Å². The van der Waals surface area contributed by atoms with Crippen LogP contribution in [-0.4, -0.2) is 11.5 Å². The molecule has 0 fully saturated rings. The molecule has 0 unspecified atom stereocenters. The van der Waals surface area contributed by atoms with Crippen LogP contribution >= 0.6 is 24.0 Å². The molecule has 0 saturated heterocycles. The summed E-state index contributed by atoms with van der Waals surface area (Å²) in [7, 11) is 0. The second kappa shape index (κ2) is 5.35. The number of hydrogen-bond acceptors (Lipinski definition) is 2. The second-order valence-corrected chi connectivity index (χ2v) is 2.42. The van der Waals surface area contributed by atoms with Crippen LogP contribution in [0.3, 0.4) is 0 Å². The Labute approximate surface area is 77.2 Å². The van der Waals surface area contributed by atoms with Crippen molar-refractivity contribution in [3.63, 3.8) is 0 Å². The maximum Gasteiger partial charge on any atom is 0.129 e. The van der Waals surface area contributed by atoms with E-state index in [0.29, 0.717) is 11.7 Å². The maximum absolute atomic E-state index is 5.57. The van der Waals surface area contributed by atoms with E-state index in [1.165, 1.54) is 0 Å². The van der Waals surface area contributed by atoms with Gasteiger partial charge in [-0.05, 0) is 24.6 Å². The monoisotopic (exact) mass is 192 g/mol. The lowest BCUT2D eigenvalue weighted by Gasteiger charge is -1.95. The molecule has 0 spiro atoms. The Morgan fingerprint density at radius 1 is 1.45 bits per heavy atom. The summed E-state index contributed by atoms with van der Waals surface area (Å²) in [5.74, 6) is 0. The summed E-state index contributed by atoms with van der Waals surface area (Å²) in [5.41, 5.74) is 6.47. The van der Waals surface area contributed by atoms with Gasteiger partial charge in [-0.3, -0.25) is 0 Å².